The average Bonchev–Trinajstić information content (AvgIpc) is 2.44. The molecule has 0 rings (SSSR count). The number of hydrogen-bond acceptors (Lipinski definition) is 7. The summed E-state index contributed by atoms with van der Waals surface area (Å²) < 4.78 is 14.6. The molecular weight excluding hydrogens is 292 g/mol. The van der Waals surface area contributed by atoms with Gasteiger partial charge in [-0.25, -0.2) is 0 Å². The maximum atomic E-state index is 12.1. The number of carbonyl (C=O) groups is 4. The summed E-state index contributed by atoms with van der Waals surface area (Å²) in [6, 6.07) is 0. The zero-order valence-electron chi connectivity index (χ0n) is 13.8. The number of Topliss-reactive ketones (excluding diaryl/α,β-unsaturated/α-hetero) is 1. The molecule has 0 saturated carbocycles. The fourth-order valence-corrected chi connectivity index (χ4v) is 1.82. The number of rotatable bonds is 9. The van der Waals surface area contributed by atoms with Gasteiger partial charge in [-0.05, 0) is 41.0 Å². The minimum atomic E-state index is -1.61. The third kappa shape index (κ3) is 5.13. The molecule has 0 unspecified atom stereocenters. The third-order valence-corrected chi connectivity index (χ3v) is 3.26. The molecule has 0 spiro atoms. The monoisotopic (exact) mass is 316 g/mol. The Labute approximate surface area is 130 Å². The van der Waals surface area contributed by atoms with Crippen molar-refractivity contribution in [2.24, 2.45) is 11.3 Å². The summed E-state index contributed by atoms with van der Waals surface area (Å²) in [5.41, 5.74) is -1.61. The summed E-state index contributed by atoms with van der Waals surface area (Å²) >= 11 is 0. The van der Waals surface area contributed by atoms with E-state index in [2.05, 4.69) is 0 Å². The maximum absolute atomic E-state index is 12.1. The van der Waals surface area contributed by atoms with Crippen LogP contribution in [0.1, 0.15) is 41.0 Å². The lowest BCUT2D eigenvalue weighted by Crippen LogP contribution is -2.42. The summed E-state index contributed by atoms with van der Waals surface area (Å²) in [4.78, 5) is 47.8. The van der Waals surface area contributed by atoms with Gasteiger partial charge in [-0.3, -0.25) is 19.2 Å². The number of hydrogen-bond donors (Lipinski definition) is 0. The minimum Gasteiger partial charge on any atom is -0.465 e. The zero-order valence-corrected chi connectivity index (χ0v) is 13.8. The first kappa shape index (κ1) is 20.1. The first-order chi connectivity index (χ1) is 10.2. The number of ether oxygens (including phenoxy) is 3. The van der Waals surface area contributed by atoms with Crippen molar-refractivity contribution in [1.29, 1.82) is 0 Å². The summed E-state index contributed by atoms with van der Waals surface area (Å²) in [5, 5.41) is 0. The lowest BCUT2D eigenvalue weighted by Gasteiger charge is -2.27. The Balaban J connectivity index is 5.45. The van der Waals surface area contributed by atoms with Gasteiger partial charge in [0.15, 0.2) is 5.92 Å². The van der Waals surface area contributed by atoms with E-state index in [0.29, 0.717) is 0 Å². The SMILES string of the molecule is CCOC(=O)C(C[C@](C)(C(C)=O)C(=O)OCC)C(=O)OCC. The van der Waals surface area contributed by atoms with Crippen LogP contribution in [0.5, 0.6) is 0 Å². The second-order valence-electron chi connectivity index (χ2n) is 4.87. The maximum Gasteiger partial charge on any atom is 0.320 e. The van der Waals surface area contributed by atoms with Gasteiger partial charge < -0.3 is 14.2 Å². The Morgan fingerprint density at radius 3 is 1.59 bits per heavy atom. The van der Waals surface area contributed by atoms with E-state index in [1.165, 1.54) is 13.8 Å². The van der Waals surface area contributed by atoms with Crippen molar-refractivity contribution in [2.45, 2.75) is 41.0 Å². The first-order valence-corrected chi connectivity index (χ1v) is 7.26. The van der Waals surface area contributed by atoms with E-state index >= 15 is 0 Å². The molecule has 0 radical (unpaired) electrons. The molecule has 7 nitrogen and oxygen atoms in total. The molecule has 0 bridgehead atoms. The quantitative estimate of drug-likeness (QED) is 0.359. The van der Waals surface area contributed by atoms with Crippen LogP contribution in [0.2, 0.25) is 0 Å². The molecular formula is C15H24O7. The molecule has 0 amide bonds. The molecule has 0 aromatic heterocycles. The molecule has 7 heteroatoms. The Kier molecular flexibility index (Phi) is 8.37. The predicted octanol–water partition coefficient (Wildman–Crippen LogP) is 1.28. The lowest BCUT2D eigenvalue weighted by molar-refractivity contribution is -0.167. The number of carbonyl (C=O) groups excluding carboxylic acids is 4. The van der Waals surface area contributed by atoms with E-state index in [1.54, 1.807) is 20.8 Å². The van der Waals surface area contributed by atoms with E-state index in [4.69, 9.17) is 14.2 Å². The Hall–Kier alpha value is -1.92. The number of ketones is 1. The highest BCUT2D eigenvalue weighted by molar-refractivity contribution is 6.04. The Morgan fingerprint density at radius 1 is 0.864 bits per heavy atom. The van der Waals surface area contributed by atoms with Crippen LogP contribution >= 0.6 is 0 Å². The van der Waals surface area contributed by atoms with Crippen LogP contribution < -0.4 is 0 Å². The molecule has 0 heterocycles. The molecule has 0 saturated heterocycles. The van der Waals surface area contributed by atoms with Gasteiger partial charge in [0.05, 0.1) is 19.8 Å². The molecule has 126 valence electrons. The van der Waals surface area contributed by atoms with Crippen molar-refractivity contribution in [3.63, 3.8) is 0 Å². The smallest absolute Gasteiger partial charge is 0.320 e. The first-order valence-electron chi connectivity index (χ1n) is 7.26. The van der Waals surface area contributed by atoms with Gasteiger partial charge in [0.2, 0.25) is 0 Å². The van der Waals surface area contributed by atoms with Gasteiger partial charge in [-0.1, -0.05) is 0 Å². The van der Waals surface area contributed by atoms with Crippen LogP contribution in [-0.2, 0) is 33.4 Å². The minimum absolute atomic E-state index is 0.0743. The van der Waals surface area contributed by atoms with Crippen molar-refractivity contribution >= 4 is 23.7 Å². The average molecular weight is 316 g/mol. The third-order valence-electron chi connectivity index (χ3n) is 3.26. The van der Waals surface area contributed by atoms with Crippen molar-refractivity contribution < 1.29 is 33.4 Å². The van der Waals surface area contributed by atoms with E-state index in [1.807, 2.05) is 0 Å². The molecule has 0 aromatic rings. The van der Waals surface area contributed by atoms with Gasteiger partial charge >= 0.3 is 17.9 Å². The van der Waals surface area contributed by atoms with Crippen molar-refractivity contribution in [1.82, 2.24) is 0 Å². The molecule has 0 N–H and O–H groups in total. The highest BCUT2D eigenvalue weighted by Crippen LogP contribution is 2.30. The summed E-state index contributed by atoms with van der Waals surface area (Å²) in [7, 11) is 0. The standard InChI is InChI=1S/C15H24O7/c1-6-20-12(17)11(13(18)21-7-2)9-15(5,10(4)16)14(19)22-8-3/h11H,6-9H2,1-5H3/t15-/m1/s1. The normalized spacial score (nSPS) is 13.2. The highest BCUT2D eigenvalue weighted by Gasteiger charge is 2.46. The van der Waals surface area contributed by atoms with E-state index in [9.17, 15) is 19.2 Å². The molecule has 0 fully saturated rings. The fraction of sp³-hybridized carbons (Fsp3) is 0.733. The Bertz CT molecular complexity index is 412. The Morgan fingerprint density at radius 2 is 1.27 bits per heavy atom. The molecule has 22 heavy (non-hydrogen) atoms. The van der Waals surface area contributed by atoms with Crippen molar-refractivity contribution in [3.05, 3.63) is 0 Å². The van der Waals surface area contributed by atoms with Crippen LogP contribution in [0.3, 0.4) is 0 Å². The summed E-state index contributed by atoms with van der Waals surface area (Å²) in [6.45, 7) is 7.59. The molecule has 0 aliphatic rings. The molecule has 0 aromatic carbocycles. The van der Waals surface area contributed by atoms with Gasteiger partial charge in [0.1, 0.15) is 11.2 Å². The summed E-state index contributed by atoms with van der Waals surface area (Å²) in [5.74, 6) is -4.26. The van der Waals surface area contributed by atoms with Crippen LogP contribution in [0.4, 0.5) is 0 Å². The van der Waals surface area contributed by atoms with Gasteiger partial charge in [0, 0.05) is 0 Å². The largest absolute Gasteiger partial charge is 0.465 e. The molecule has 0 aliphatic carbocycles. The van der Waals surface area contributed by atoms with Crippen LogP contribution in [-0.4, -0.2) is 43.5 Å². The zero-order chi connectivity index (χ0) is 17.3. The lowest BCUT2D eigenvalue weighted by atomic mass is 9.77. The van der Waals surface area contributed by atoms with E-state index < -0.39 is 35.0 Å². The second-order valence-corrected chi connectivity index (χ2v) is 4.87. The number of esters is 3. The van der Waals surface area contributed by atoms with Crippen LogP contribution in [0.25, 0.3) is 0 Å². The molecule has 1 atom stereocenters. The van der Waals surface area contributed by atoms with Crippen molar-refractivity contribution in [3.8, 4) is 0 Å². The van der Waals surface area contributed by atoms with Crippen LogP contribution in [0.15, 0.2) is 0 Å². The summed E-state index contributed by atoms with van der Waals surface area (Å²) in [6.07, 6.45) is -0.348. The van der Waals surface area contributed by atoms with Gasteiger partial charge in [0.25, 0.3) is 0 Å². The van der Waals surface area contributed by atoms with E-state index in [0.717, 1.165) is 0 Å². The van der Waals surface area contributed by atoms with Crippen molar-refractivity contribution in [2.75, 3.05) is 19.8 Å². The van der Waals surface area contributed by atoms with E-state index in [-0.39, 0.29) is 26.2 Å². The van der Waals surface area contributed by atoms with Gasteiger partial charge in [-0.2, -0.15) is 0 Å². The fourth-order valence-electron chi connectivity index (χ4n) is 1.82. The van der Waals surface area contributed by atoms with Gasteiger partial charge in [-0.15, -0.1) is 0 Å². The molecule has 0 aliphatic heterocycles. The second kappa shape index (κ2) is 9.17. The van der Waals surface area contributed by atoms with Crippen LogP contribution in [0, 0.1) is 11.3 Å². The predicted molar refractivity (Wildman–Crippen MR) is 76.8 cm³/mol. The highest BCUT2D eigenvalue weighted by atomic mass is 16.6. The topological polar surface area (TPSA) is 96.0 Å².